The van der Waals surface area contributed by atoms with Gasteiger partial charge in [0.25, 0.3) is 0 Å². The molecule has 2 heterocycles. The maximum atomic E-state index is 12.4. The van der Waals surface area contributed by atoms with Crippen molar-refractivity contribution < 1.29 is 4.79 Å². The first kappa shape index (κ1) is 24.9. The predicted molar refractivity (Wildman–Crippen MR) is 112 cm³/mol. The van der Waals surface area contributed by atoms with Crippen molar-refractivity contribution in [3.63, 3.8) is 0 Å². The third-order valence-corrected chi connectivity index (χ3v) is 4.33. The summed E-state index contributed by atoms with van der Waals surface area (Å²) < 4.78 is 0. The van der Waals surface area contributed by atoms with Crippen molar-refractivity contribution in [3.05, 3.63) is 17.6 Å². The number of aromatic nitrogens is 2. The van der Waals surface area contributed by atoms with Gasteiger partial charge in [-0.3, -0.25) is 4.79 Å². The molecular weight excluding hydrogens is 373 g/mol. The topological polar surface area (TPSA) is 75.3 Å². The SMILES string of the molecule is Cc1cc(N2CCN(C(=O)[C@@H](N)CC(C)C)CC2)nc(C(C)C)n1.Cl.Cl. The Morgan fingerprint density at radius 2 is 1.69 bits per heavy atom. The van der Waals surface area contributed by atoms with Gasteiger partial charge in [0.05, 0.1) is 6.04 Å². The van der Waals surface area contributed by atoms with Gasteiger partial charge in [0.15, 0.2) is 0 Å². The molecule has 0 bridgehead atoms. The van der Waals surface area contributed by atoms with E-state index in [9.17, 15) is 4.79 Å². The lowest BCUT2D eigenvalue weighted by molar-refractivity contribution is -0.133. The van der Waals surface area contributed by atoms with E-state index in [0.717, 1.165) is 36.8 Å². The van der Waals surface area contributed by atoms with Crippen LogP contribution in [-0.2, 0) is 4.79 Å². The van der Waals surface area contributed by atoms with Gasteiger partial charge in [-0.25, -0.2) is 9.97 Å². The van der Waals surface area contributed by atoms with Gasteiger partial charge >= 0.3 is 0 Å². The maximum Gasteiger partial charge on any atom is 0.239 e. The average Bonchev–Trinajstić information content (AvgIpc) is 2.53. The molecule has 2 N–H and O–H groups in total. The molecule has 1 saturated heterocycles. The lowest BCUT2D eigenvalue weighted by Gasteiger charge is -2.36. The van der Waals surface area contributed by atoms with Gasteiger partial charge in [-0.2, -0.15) is 0 Å². The molecule has 1 atom stereocenters. The number of aryl methyl sites for hydroxylation is 1. The van der Waals surface area contributed by atoms with Gasteiger partial charge < -0.3 is 15.5 Å². The molecule has 1 aliphatic rings. The number of rotatable bonds is 5. The van der Waals surface area contributed by atoms with E-state index >= 15 is 0 Å². The van der Waals surface area contributed by atoms with E-state index in [1.54, 1.807) is 0 Å². The van der Waals surface area contributed by atoms with Crippen molar-refractivity contribution in [3.8, 4) is 0 Å². The van der Waals surface area contributed by atoms with E-state index in [1.807, 2.05) is 17.9 Å². The van der Waals surface area contributed by atoms with E-state index in [0.29, 0.717) is 24.9 Å². The molecular formula is C18H33Cl2N5O. The first-order valence-electron chi connectivity index (χ1n) is 8.92. The highest BCUT2D eigenvalue weighted by Gasteiger charge is 2.26. The molecule has 1 aromatic rings. The highest BCUT2D eigenvalue weighted by atomic mass is 35.5. The Labute approximate surface area is 169 Å². The number of halogens is 2. The molecule has 1 fully saturated rings. The zero-order valence-corrected chi connectivity index (χ0v) is 18.1. The molecule has 1 amide bonds. The lowest BCUT2D eigenvalue weighted by Crippen LogP contribution is -2.53. The van der Waals surface area contributed by atoms with Gasteiger partial charge in [0.2, 0.25) is 5.91 Å². The van der Waals surface area contributed by atoms with Crippen molar-refractivity contribution in [1.29, 1.82) is 0 Å². The van der Waals surface area contributed by atoms with Crippen LogP contribution in [0.1, 0.15) is 51.6 Å². The second kappa shape index (κ2) is 10.9. The average molecular weight is 406 g/mol. The number of amides is 1. The minimum absolute atomic E-state index is 0. The normalized spacial score (nSPS) is 15.5. The van der Waals surface area contributed by atoms with Gasteiger partial charge in [-0.1, -0.05) is 27.7 Å². The number of nitrogens with zero attached hydrogens (tertiary/aromatic N) is 4. The van der Waals surface area contributed by atoms with Crippen LogP contribution in [0.3, 0.4) is 0 Å². The maximum absolute atomic E-state index is 12.4. The summed E-state index contributed by atoms with van der Waals surface area (Å²) in [5.74, 6) is 2.65. The van der Waals surface area contributed by atoms with Crippen molar-refractivity contribution in [1.82, 2.24) is 14.9 Å². The Morgan fingerprint density at radius 3 is 2.19 bits per heavy atom. The van der Waals surface area contributed by atoms with Gasteiger partial charge in [0, 0.05) is 43.9 Å². The Kier molecular flexibility index (Phi) is 10.4. The van der Waals surface area contributed by atoms with Crippen molar-refractivity contribution in [2.75, 3.05) is 31.1 Å². The first-order valence-corrected chi connectivity index (χ1v) is 8.92. The highest BCUT2D eigenvalue weighted by Crippen LogP contribution is 2.19. The summed E-state index contributed by atoms with van der Waals surface area (Å²) in [6, 6.07) is 1.64. The molecule has 0 radical (unpaired) electrons. The van der Waals surface area contributed by atoms with Crippen LogP contribution in [0.15, 0.2) is 6.07 Å². The molecule has 1 aliphatic heterocycles. The van der Waals surface area contributed by atoms with E-state index < -0.39 is 0 Å². The van der Waals surface area contributed by atoms with Crippen LogP contribution in [0, 0.1) is 12.8 Å². The number of nitrogens with two attached hydrogens (primary N) is 1. The summed E-state index contributed by atoms with van der Waals surface area (Å²) in [5.41, 5.74) is 7.03. The molecule has 0 unspecified atom stereocenters. The Morgan fingerprint density at radius 1 is 1.12 bits per heavy atom. The fourth-order valence-corrected chi connectivity index (χ4v) is 2.99. The number of anilines is 1. The van der Waals surface area contributed by atoms with Gasteiger partial charge in [0.1, 0.15) is 11.6 Å². The van der Waals surface area contributed by atoms with Crippen LogP contribution in [0.5, 0.6) is 0 Å². The van der Waals surface area contributed by atoms with E-state index in [-0.39, 0.29) is 36.8 Å². The van der Waals surface area contributed by atoms with Crippen LogP contribution in [0.4, 0.5) is 5.82 Å². The Hall–Kier alpha value is -1.11. The molecule has 26 heavy (non-hydrogen) atoms. The molecule has 0 spiro atoms. The highest BCUT2D eigenvalue weighted by molar-refractivity contribution is 5.85. The molecule has 150 valence electrons. The first-order chi connectivity index (χ1) is 11.3. The summed E-state index contributed by atoms with van der Waals surface area (Å²) in [5, 5.41) is 0. The Balaban J connectivity index is 0.00000312. The second-order valence-electron chi connectivity index (χ2n) is 7.43. The zero-order valence-electron chi connectivity index (χ0n) is 16.4. The second-order valence-corrected chi connectivity index (χ2v) is 7.43. The van der Waals surface area contributed by atoms with Crippen molar-refractivity contribution in [2.45, 2.75) is 53.0 Å². The van der Waals surface area contributed by atoms with Gasteiger partial charge in [-0.05, 0) is 19.3 Å². The number of carbonyl (C=O) groups is 1. The summed E-state index contributed by atoms with van der Waals surface area (Å²) >= 11 is 0. The third kappa shape index (κ3) is 6.56. The van der Waals surface area contributed by atoms with E-state index in [2.05, 4.69) is 42.6 Å². The lowest BCUT2D eigenvalue weighted by atomic mass is 10.0. The third-order valence-electron chi connectivity index (χ3n) is 4.33. The van der Waals surface area contributed by atoms with E-state index in [1.165, 1.54) is 0 Å². The van der Waals surface area contributed by atoms with Crippen molar-refractivity contribution in [2.24, 2.45) is 11.7 Å². The standard InChI is InChI=1S/C18H31N5O.2ClH/c1-12(2)10-15(19)18(24)23-8-6-22(7-9-23)16-11-14(5)20-17(21-16)13(3)4;;/h11-13,15H,6-10,19H2,1-5H3;2*1H/t15-;;/m0../s1. The number of carbonyl (C=O) groups excluding carboxylic acids is 1. The molecule has 0 aliphatic carbocycles. The molecule has 8 heteroatoms. The summed E-state index contributed by atoms with van der Waals surface area (Å²) in [4.78, 5) is 25.7. The predicted octanol–water partition coefficient (Wildman–Crippen LogP) is 2.77. The molecule has 1 aromatic heterocycles. The molecule has 2 rings (SSSR count). The van der Waals surface area contributed by atoms with E-state index in [4.69, 9.17) is 5.73 Å². The van der Waals surface area contributed by atoms with Crippen LogP contribution in [-0.4, -0.2) is 53.0 Å². The molecule has 0 aromatic carbocycles. The smallest absolute Gasteiger partial charge is 0.239 e. The fraction of sp³-hybridized carbons (Fsp3) is 0.722. The van der Waals surface area contributed by atoms with Gasteiger partial charge in [-0.15, -0.1) is 24.8 Å². The minimum Gasteiger partial charge on any atom is -0.353 e. The largest absolute Gasteiger partial charge is 0.353 e. The summed E-state index contributed by atoms with van der Waals surface area (Å²) in [6.45, 7) is 13.4. The summed E-state index contributed by atoms with van der Waals surface area (Å²) in [7, 11) is 0. The van der Waals surface area contributed by atoms with Crippen LogP contribution < -0.4 is 10.6 Å². The number of hydrogen-bond acceptors (Lipinski definition) is 5. The Bertz CT molecular complexity index is 575. The number of hydrogen-bond donors (Lipinski definition) is 1. The summed E-state index contributed by atoms with van der Waals surface area (Å²) in [6.07, 6.45) is 0.738. The van der Waals surface area contributed by atoms with Crippen molar-refractivity contribution >= 4 is 36.5 Å². The quantitative estimate of drug-likeness (QED) is 0.814. The minimum atomic E-state index is -0.384. The van der Waals surface area contributed by atoms with Crippen LogP contribution in [0.2, 0.25) is 0 Å². The fourth-order valence-electron chi connectivity index (χ4n) is 2.99. The monoisotopic (exact) mass is 405 g/mol. The van der Waals surface area contributed by atoms with Crippen LogP contribution >= 0.6 is 24.8 Å². The van der Waals surface area contributed by atoms with Crippen LogP contribution in [0.25, 0.3) is 0 Å². The molecule has 6 nitrogen and oxygen atoms in total. The number of piperazine rings is 1. The molecule has 0 saturated carbocycles. The zero-order chi connectivity index (χ0) is 17.9.